The first kappa shape index (κ1) is 11.5. The summed E-state index contributed by atoms with van der Waals surface area (Å²) < 4.78 is 7.85. The van der Waals surface area contributed by atoms with Gasteiger partial charge in [-0.1, -0.05) is 18.2 Å². The molecular formula is C16H13N2O+. The molecule has 0 aromatic heterocycles. The van der Waals surface area contributed by atoms with E-state index in [1.54, 1.807) is 0 Å². The van der Waals surface area contributed by atoms with Crippen LogP contribution in [0.25, 0.3) is 4.85 Å². The molecule has 0 atom stereocenters. The van der Waals surface area contributed by atoms with Crippen molar-refractivity contribution in [1.82, 2.24) is 0 Å². The number of hydrogen-bond donors (Lipinski definition) is 0. The maximum Gasteiger partial charge on any atom is 0.292 e. The van der Waals surface area contributed by atoms with Crippen molar-refractivity contribution in [3.05, 3.63) is 65.0 Å². The smallest absolute Gasteiger partial charge is 0.292 e. The molecule has 0 fully saturated rings. The van der Waals surface area contributed by atoms with Crippen LogP contribution in [-0.2, 0) is 0 Å². The second-order valence-corrected chi connectivity index (χ2v) is 4.50. The SMILES string of the molecule is [C-]#[N+]c1cc(C)c2c(c1)C=[N+](c1ccccc1)CO2. The minimum Gasteiger partial charge on any atom is -0.435 e. The molecule has 3 nitrogen and oxygen atoms in total. The van der Waals surface area contributed by atoms with E-state index in [4.69, 9.17) is 11.3 Å². The van der Waals surface area contributed by atoms with Crippen LogP contribution in [0.2, 0.25) is 0 Å². The Kier molecular flexibility index (Phi) is 2.77. The molecule has 0 unspecified atom stereocenters. The number of nitrogens with zero attached hydrogens (tertiary/aromatic N) is 2. The first-order chi connectivity index (χ1) is 9.28. The van der Waals surface area contributed by atoms with Crippen molar-refractivity contribution in [3.8, 4) is 5.75 Å². The summed E-state index contributed by atoms with van der Waals surface area (Å²) in [6.07, 6.45) is 2.04. The first-order valence-corrected chi connectivity index (χ1v) is 6.09. The molecule has 3 heteroatoms. The molecule has 1 aliphatic rings. The summed E-state index contributed by atoms with van der Waals surface area (Å²) in [6.45, 7) is 9.60. The second kappa shape index (κ2) is 4.58. The van der Waals surface area contributed by atoms with E-state index < -0.39 is 0 Å². The number of ether oxygens (including phenoxy) is 1. The highest BCUT2D eigenvalue weighted by molar-refractivity contribution is 5.84. The quantitative estimate of drug-likeness (QED) is 0.556. The Morgan fingerprint density at radius 3 is 2.74 bits per heavy atom. The third-order valence-corrected chi connectivity index (χ3v) is 3.15. The predicted octanol–water partition coefficient (Wildman–Crippen LogP) is 3.66. The van der Waals surface area contributed by atoms with E-state index >= 15 is 0 Å². The molecule has 3 rings (SSSR count). The van der Waals surface area contributed by atoms with Crippen LogP contribution >= 0.6 is 0 Å². The summed E-state index contributed by atoms with van der Waals surface area (Å²) in [4.78, 5) is 3.49. The Morgan fingerprint density at radius 2 is 2.00 bits per heavy atom. The lowest BCUT2D eigenvalue weighted by molar-refractivity contribution is -0.476. The van der Waals surface area contributed by atoms with Gasteiger partial charge in [0.1, 0.15) is 5.75 Å². The van der Waals surface area contributed by atoms with Crippen molar-refractivity contribution in [1.29, 1.82) is 0 Å². The van der Waals surface area contributed by atoms with E-state index in [2.05, 4.69) is 4.85 Å². The highest BCUT2D eigenvalue weighted by atomic mass is 16.5. The van der Waals surface area contributed by atoms with Crippen LogP contribution < -0.4 is 4.74 Å². The standard InChI is InChI=1S/C16H13N2O/c1-12-8-14(17-2)9-13-10-18(11-19-16(12)13)15-6-4-3-5-7-15/h3-10H,11H2,1H3/q+1. The van der Waals surface area contributed by atoms with Crippen LogP contribution in [0.15, 0.2) is 42.5 Å². The average molecular weight is 249 g/mol. The van der Waals surface area contributed by atoms with Crippen molar-refractivity contribution >= 4 is 17.6 Å². The van der Waals surface area contributed by atoms with Crippen molar-refractivity contribution in [3.63, 3.8) is 0 Å². The Bertz CT molecular complexity index is 697. The molecule has 0 saturated heterocycles. The van der Waals surface area contributed by atoms with Gasteiger partial charge in [-0.15, -0.1) is 0 Å². The van der Waals surface area contributed by atoms with Crippen molar-refractivity contribution in [2.24, 2.45) is 0 Å². The number of aryl methyl sites for hydroxylation is 1. The van der Waals surface area contributed by atoms with Gasteiger partial charge in [-0.05, 0) is 24.6 Å². The van der Waals surface area contributed by atoms with Crippen LogP contribution in [0.1, 0.15) is 11.1 Å². The molecule has 0 saturated carbocycles. The number of para-hydroxylation sites is 1. The highest BCUT2D eigenvalue weighted by Crippen LogP contribution is 2.30. The summed E-state index contributed by atoms with van der Waals surface area (Å²) in [6, 6.07) is 13.8. The Balaban J connectivity index is 2.10. The third kappa shape index (κ3) is 2.09. The summed E-state index contributed by atoms with van der Waals surface area (Å²) in [5.74, 6) is 0.875. The van der Waals surface area contributed by atoms with Gasteiger partial charge in [0, 0.05) is 12.1 Å². The van der Waals surface area contributed by atoms with Gasteiger partial charge >= 0.3 is 0 Å². The zero-order valence-corrected chi connectivity index (χ0v) is 10.6. The zero-order valence-electron chi connectivity index (χ0n) is 10.6. The van der Waals surface area contributed by atoms with E-state index in [0.29, 0.717) is 12.4 Å². The van der Waals surface area contributed by atoms with Gasteiger partial charge < -0.3 is 4.74 Å². The molecule has 2 aromatic rings. The molecule has 1 heterocycles. The van der Waals surface area contributed by atoms with Crippen LogP contribution in [0.4, 0.5) is 11.4 Å². The third-order valence-electron chi connectivity index (χ3n) is 3.15. The van der Waals surface area contributed by atoms with E-state index in [0.717, 1.165) is 22.6 Å². The van der Waals surface area contributed by atoms with Gasteiger partial charge in [0.15, 0.2) is 11.9 Å². The molecule has 0 radical (unpaired) electrons. The Morgan fingerprint density at radius 1 is 1.21 bits per heavy atom. The lowest BCUT2D eigenvalue weighted by Gasteiger charge is -2.15. The van der Waals surface area contributed by atoms with Gasteiger partial charge in [-0.3, -0.25) is 0 Å². The Hall–Kier alpha value is -2.60. The highest BCUT2D eigenvalue weighted by Gasteiger charge is 2.20. The molecule has 92 valence electrons. The molecule has 0 spiro atoms. The summed E-state index contributed by atoms with van der Waals surface area (Å²) in [5.41, 5.74) is 3.69. The zero-order chi connectivity index (χ0) is 13.2. The molecule has 19 heavy (non-hydrogen) atoms. The fourth-order valence-corrected chi connectivity index (χ4v) is 2.25. The van der Waals surface area contributed by atoms with Gasteiger partial charge in [-0.2, -0.15) is 4.58 Å². The van der Waals surface area contributed by atoms with Crippen LogP contribution in [0, 0.1) is 13.5 Å². The Labute approximate surface area is 112 Å². The minimum atomic E-state index is 0.495. The number of rotatable bonds is 1. The van der Waals surface area contributed by atoms with Crippen LogP contribution in [-0.4, -0.2) is 17.5 Å². The van der Waals surface area contributed by atoms with Gasteiger partial charge in [-0.25, -0.2) is 4.85 Å². The monoisotopic (exact) mass is 249 g/mol. The first-order valence-electron chi connectivity index (χ1n) is 6.09. The van der Waals surface area contributed by atoms with E-state index in [9.17, 15) is 0 Å². The van der Waals surface area contributed by atoms with Crippen LogP contribution in [0.3, 0.4) is 0 Å². The lowest BCUT2D eigenvalue weighted by Crippen LogP contribution is -2.21. The van der Waals surface area contributed by atoms with Gasteiger partial charge in [0.25, 0.3) is 6.73 Å². The average Bonchev–Trinajstić information content (AvgIpc) is 2.47. The molecule has 1 aliphatic heterocycles. The topological polar surface area (TPSA) is 16.6 Å². The number of hydrogen-bond acceptors (Lipinski definition) is 1. The molecule has 0 aliphatic carbocycles. The number of benzene rings is 2. The fourth-order valence-electron chi connectivity index (χ4n) is 2.25. The van der Waals surface area contributed by atoms with E-state index in [1.165, 1.54) is 0 Å². The van der Waals surface area contributed by atoms with Gasteiger partial charge in [0.05, 0.1) is 12.1 Å². The number of fused-ring (bicyclic) bond motifs is 1. The van der Waals surface area contributed by atoms with E-state index in [-0.39, 0.29) is 0 Å². The normalized spacial score (nSPS) is 12.9. The largest absolute Gasteiger partial charge is 0.435 e. The summed E-state index contributed by atoms with van der Waals surface area (Å²) >= 11 is 0. The van der Waals surface area contributed by atoms with Gasteiger partial charge in [0.2, 0.25) is 5.69 Å². The lowest BCUT2D eigenvalue weighted by atomic mass is 10.1. The molecule has 0 N–H and O–H groups in total. The summed E-state index contributed by atoms with van der Waals surface area (Å²) in [7, 11) is 0. The maximum absolute atomic E-state index is 7.13. The summed E-state index contributed by atoms with van der Waals surface area (Å²) in [5, 5.41) is 0. The predicted molar refractivity (Wildman–Crippen MR) is 74.5 cm³/mol. The van der Waals surface area contributed by atoms with Crippen molar-refractivity contribution < 1.29 is 9.31 Å². The minimum absolute atomic E-state index is 0.495. The maximum atomic E-state index is 7.13. The molecule has 0 bridgehead atoms. The second-order valence-electron chi connectivity index (χ2n) is 4.50. The molecule has 2 aromatic carbocycles. The molecular weight excluding hydrogens is 236 g/mol. The fraction of sp³-hybridized carbons (Fsp3) is 0.125. The van der Waals surface area contributed by atoms with E-state index in [1.807, 2.05) is 60.2 Å². The van der Waals surface area contributed by atoms with Crippen molar-refractivity contribution in [2.45, 2.75) is 6.92 Å². The van der Waals surface area contributed by atoms with Crippen molar-refractivity contribution in [2.75, 3.05) is 6.73 Å². The molecule has 0 amide bonds. The van der Waals surface area contributed by atoms with Crippen LogP contribution in [0.5, 0.6) is 5.75 Å².